The number of carbonyl (C=O) groups excluding carboxylic acids is 2. The summed E-state index contributed by atoms with van der Waals surface area (Å²) in [5, 5.41) is 6.87. The number of halogens is 4. The molecule has 0 unspecified atom stereocenters. The Kier molecular flexibility index (Phi) is 7.39. The van der Waals surface area contributed by atoms with Gasteiger partial charge in [0.05, 0.1) is 26.8 Å². The second kappa shape index (κ2) is 10.5. The number of amides is 1. The van der Waals surface area contributed by atoms with E-state index in [4.69, 9.17) is 51.1 Å². The van der Waals surface area contributed by atoms with Crippen molar-refractivity contribution in [1.82, 2.24) is 5.43 Å². The molecule has 1 N–H and O–H groups in total. The van der Waals surface area contributed by atoms with E-state index in [0.29, 0.717) is 15.6 Å². The van der Waals surface area contributed by atoms with E-state index >= 15 is 0 Å². The first-order chi connectivity index (χ1) is 16.3. The summed E-state index contributed by atoms with van der Waals surface area (Å²) in [6.07, 6.45) is 1.41. The number of esters is 1. The van der Waals surface area contributed by atoms with Crippen molar-refractivity contribution in [2.75, 3.05) is 0 Å². The second-order valence-corrected chi connectivity index (χ2v) is 8.70. The maximum Gasteiger partial charge on any atom is 0.345 e. The first-order valence-electron chi connectivity index (χ1n) is 9.81. The van der Waals surface area contributed by atoms with Crippen LogP contribution in [-0.4, -0.2) is 18.1 Å². The van der Waals surface area contributed by atoms with E-state index in [1.807, 2.05) is 30.3 Å². The lowest BCUT2D eigenvalue weighted by molar-refractivity contribution is 0.0734. The predicted molar refractivity (Wildman–Crippen MR) is 137 cm³/mol. The summed E-state index contributed by atoms with van der Waals surface area (Å²) in [6.45, 7) is 0. The van der Waals surface area contributed by atoms with Crippen molar-refractivity contribution in [1.29, 1.82) is 0 Å². The highest BCUT2D eigenvalue weighted by atomic mass is 35.5. The number of benzene rings is 4. The molecule has 0 saturated carbocycles. The van der Waals surface area contributed by atoms with Crippen LogP contribution in [0.5, 0.6) is 5.75 Å². The highest BCUT2D eigenvalue weighted by Gasteiger charge is 2.16. The van der Waals surface area contributed by atoms with E-state index in [9.17, 15) is 9.59 Å². The lowest BCUT2D eigenvalue weighted by Gasteiger charge is -2.11. The fourth-order valence-electron chi connectivity index (χ4n) is 3.16. The minimum absolute atomic E-state index is 0.162. The minimum Gasteiger partial charge on any atom is -0.422 e. The molecule has 0 bridgehead atoms. The van der Waals surface area contributed by atoms with Gasteiger partial charge < -0.3 is 4.74 Å². The Balaban J connectivity index is 1.64. The summed E-state index contributed by atoms with van der Waals surface area (Å²) in [5.74, 6) is -0.907. The molecule has 0 aliphatic heterocycles. The lowest BCUT2D eigenvalue weighted by Crippen LogP contribution is -2.17. The molecular formula is C25H14Cl4N2O3. The van der Waals surface area contributed by atoms with Gasteiger partial charge in [0, 0.05) is 16.1 Å². The van der Waals surface area contributed by atoms with E-state index < -0.39 is 11.9 Å². The number of nitrogens with zero attached hydrogens (tertiary/aromatic N) is 1. The van der Waals surface area contributed by atoms with Crippen LogP contribution in [0.2, 0.25) is 20.1 Å². The fourth-order valence-corrected chi connectivity index (χ4v) is 3.95. The van der Waals surface area contributed by atoms with Crippen molar-refractivity contribution in [3.63, 3.8) is 0 Å². The Morgan fingerprint density at radius 2 is 1.62 bits per heavy atom. The zero-order valence-electron chi connectivity index (χ0n) is 17.2. The summed E-state index contributed by atoms with van der Waals surface area (Å²) >= 11 is 23.9. The number of rotatable bonds is 5. The topological polar surface area (TPSA) is 67.8 Å². The summed E-state index contributed by atoms with van der Waals surface area (Å²) in [4.78, 5) is 25.2. The number of ether oxygens (including phenoxy) is 1. The number of carbonyl (C=O) groups is 2. The molecular weight excluding hydrogens is 518 g/mol. The van der Waals surface area contributed by atoms with Crippen LogP contribution in [0, 0.1) is 0 Å². The van der Waals surface area contributed by atoms with Gasteiger partial charge in [0.15, 0.2) is 0 Å². The second-order valence-electron chi connectivity index (χ2n) is 7.04. The molecule has 34 heavy (non-hydrogen) atoms. The van der Waals surface area contributed by atoms with Crippen LogP contribution >= 0.6 is 46.4 Å². The minimum atomic E-state index is -0.661. The Bertz CT molecular complexity index is 1450. The highest BCUT2D eigenvalue weighted by molar-refractivity contribution is 6.42. The van der Waals surface area contributed by atoms with Crippen LogP contribution in [-0.2, 0) is 0 Å². The largest absolute Gasteiger partial charge is 0.422 e. The average Bonchev–Trinajstić information content (AvgIpc) is 2.81. The molecule has 0 aromatic heterocycles. The Labute approximate surface area is 214 Å². The van der Waals surface area contributed by atoms with E-state index in [-0.39, 0.29) is 26.9 Å². The molecule has 0 radical (unpaired) electrons. The van der Waals surface area contributed by atoms with Gasteiger partial charge in [-0.2, -0.15) is 5.10 Å². The zero-order valence-corrected chi connectivity index (χ0v) is 20.2. The van der Waals surface area contributed by atoms with E-state index in [1.54, 1.807) is 12.1 Å². The van der Waals surface area contributed by atoms with Gasteiger partial charge in [-0.05, 0) is 53.2 Å². The third-order valence-corrected chi connectivity index (χ3v) is 6.11. The van der Waals surface area contributed by atoms with Gasteiger partial charge >= 0.3 is 5.97 Å². The van der Waals surface area contributed by atoms with E-state index in [1.165, 1.54) is 36.5 Å². The molecule has 0 fully saturated rings. The number of hydrogen-bond donors (Lipinski definition) is 1. The number of hydrazone groups is 1. The molecule has 170 valence electrons. The number of hydrogen-bond acceptors (Lipinski definition) is 4. The van der Waals surface area contributed by atoms with Crippen LogP contribution < -0.4 is 10.2 Å². The van der Waals surface area contributed by atoms with Crippen molar-refractivity contribution in [3.05, 3.63) is 110 Å². The summed E-state index contributed by atoms with van der Waals surface area (Å²) < 4.78 is 5.63. The molecule has 4 rings (SSSR count). The van der Waals surface area contributed by atoms with Crippen LogP contribution in [0.3, 0.4) is 0 Å². The number of fused-ring (bicyclic) bond motifs is 1. The third kappa shape index (κ3) is 5.34. The SMILES string of the molecule is O=C(NN=Cc1c(OC(=O)c2ccc(Cl)cc2Cl)ccc2ccccc12)c1ccc(Cl)c(Cl)c1. The zero-order chi connectivity index (χ0) is 24.2. The summed E-state index contributed by atoms with van der Waals surface area (Å²) in [7, 11) is 0. The number of nitrogens with one attached hydrogen (secondary N) is 1. The molecule has 0 atom stereocenters. The third-order valence-electron chi connectivity index (χ3n) is 4.83. The van der Waals surface area contributed by atoms with Crippen molar-refractivity contribution in [3.8, 4) is 5.75 Å². The summed E-state index contributed by atoms with van der Waals surface area (Å²) in [6, 6.07) is 19.9. The highest BCUT2D eigenvalue weighted by Crippen LogP contribution is 2.29. The molecule has 4 aromatic rings. The molecule has 5 nitrogen and oxygen atoms in total. The lowest BCUT2D eigenvalue weighted by atomic mass is 10.0. The first-order valence-corrected chi connectivity index (χ1v) is 11.3. The van der Waals surface area contributed by atoms with Crippen LogP contribution in [0.25, 0.3) is 10.8 Å². The Morgan fingerprint density at radius 1 is 0.824 bits per heavy atom. The Hall–Kier alpha value is -3.09. The quantitative estimate of drug-likeness (QED) is 0.126. The van der Waals surface area contributed by atoms with E-state index in [0.717, 1.165) is 10.8 Å². The molecule has 0 heterocycles. The van der Waals surface area contributed by atoms with Crippen molar-refractivity contribution >= 4 is 75.3 Å². The monoisotopic (exact) mass is 530 g/mol. The maximum absolute atomic E-state index is 12.8. The average molecular weight is 532 g/mol. The van der Waals surface area contributed by atoms with Gasteiger partial charge in [-0.3, -0.25) is 4.79 Å². The molecule has 0 aliphatic rings. The van der Waals surface area contributed by atoms with E-state index in [2.05, 4.69) is 10.5 Å². The molecule has 9 heteroatoms. The first kappa shape index (κ1) is 24.0. The summed E-state index contributed by atoms with van der Waals surface area (Å²) in [5.41, 5.74) is 3.38. The standard InChI is InChI=1S/C25H14Cl4N2O3/c26-16-7-8-18(21(28)12-16)25(33)34-23-10-6-14-3-1-2-4-17(14)19(23)13-30-31-24(32)15-5-9-20(27)22(29)11-15/h1-13H,(H,31,32). The molecule has 0 aliphatic carbocycles. The molecule has 0 spiro atoms. The van der Waals surface area contributed by atoms with Crippen molar-refractivity contribution < 1.29 is 14.3 Å². The van der Waals surface area contributed by atoms with Crippen molar-refractivity contribution in [2.24, 2.45) is 5.10 Å². The molecule has 1 amide bonds. The van der Waals surface area contributed by atoms with Crippen molar-refractivity contribution in [2.45, 2.75) is 0 Å². The maximum atomic E-state index is 12.8. The normalized spacial score (nSPS) is 11.1. The van der Waals surface area contributed by atoms with Gasteiger partial charge in [-0.25, -0.2) is 10.2 Å². The Morgan fingerprint density at radius 3 is 2.38 bits per heavy atom. The van der Waals surface area contributed by atoms with Gasteiger partial charge in [0.1, 0.15) is 5.75 Å². The fraction of sp³-hybridized carbons (Fsp3) is 0. The van der Waals surface area contributed by atoms with Crippen LogP contribution in [0.1, 0.15) is 26.3 Å². The molecule has 0 saturated heterocycles. The van der Waals surface area contributed by atoms with Crippen LogP contribution in [0.4, 0.5) is 0 Å². The molecule has 4 aromatic carbocycles. The van der Waals surface area contributed by atoms with Gasteiger partial charge in [0.25, 0.3) is 5.91 Å². The van der Waals surface area contributed by atoms with Crippen LogP contribution in [0.15, 0.2) is 77.9 Å². The van der Waals surface area contributed by atoms with Gasteiger partial charge in [-0.15, -0.1) is 0 Å². The van der Waals surface area contributed by atoms with Gasteiger partial charge in [0.2, 0.25) is 0 Å². The van der Waals surface area contributed by atoms with Gasteiger partial charge in [-0.1, -0.05) is 76.7 Å². The predicted octanol–water partition coefficient (Wildman–Crippen LogP) is 7.44. The smallest absolute Gasteiger partial charge is 0.345 e.